The first kappa shape index (κ1) is 19.8. The van der Waals surface area contributed by atoms with Gasteiger partial charge in [-0.1, -0.05) is 30.3 Å². The lowest BCUT2D eigenvalue weighted by Crippen LogP contribution is -2.52. The molecule has 0 spiro atoms. The van der Waals surface area contributed by atoms with Gasteiger partial charge >= 0.3 is 6.03 Å². The van der Waals surface area contributed by atoms with Gasteiger partial charge in [0.05, 0.1) is 11.9 Å². The summed E-state index contributed by atoms with van der Waals surface area (Å²) in [7, 11) is 1.93. The van der Waals surface area contributed by atoms with Crippen LogP contribution in [-0.4, -0.2) is 71.4 Å². The number of amides is 2. The molecular formula is C22H32N6O. The Bertz CT molecular complexity index is 776. The largest absolute Gasteiger partial charge is 0.365 e. The number of urea groups is 1. The fourth-order valence-corrected chi connectivity index (χ4v) is 4.27. The third-order valence-electron chi connectivity index (χ3n) is 6.12. The molecule has 7 heteroatoms. The molecule has 29 heavy (non-hydrogen) atoms. The lowest BCUT2D eigenvalue weighted by atomic mass is 9.96. The molecule has 0 radical (unpaired) electrons. The van der Waals surface area contributed by atoms with Gasteiger partial charge in [-0.2, -0.15) is 5.10 Å². The van der Waals surface area contributed by atoms with Crippen molar-refractivity contribution < 1.29 is 4.79 Å². The van der Waals surface area contributed by atoms with Crippen LogP contribution < -0.4 is 10.2 Å². The van der Waals surface area contributed by atoms with Crippen LogP contribution in [0.15, 0.2) is 42.7 Å². The molecule has 1 aromatic heterocycles. The Balaban J connectivity index is 1.14. The van der Waals surface area contributed by atoms with Crippen LogP contribution in [0.5, 0.6) is 0 Å². The first-order valence-electron chi connectivity index (χ1n) is 10.7. The number of piperazine rings is 1. The van der Waals surface area contributed by atoms with Crippen molar-refractivity contribution in [3.63, 3.8) is 0 Å². The number of hydrogen-bond acceptors (Lipinski definition) is 4. The van der Waals surface area contributed by atoms with Gasteiger partial charge in [0.25, 0.3) is 0 Å². The van der Waals surface area contributed by atoms with Crippen molar-refractivity contribution in [1.82, 2.24) is 24.9 Å². The lowest BCUT2D eigenvalue weighted by molar-refractivity contribution is 0.167. The topological polar surface area (TPSA) is 56.6 Å². The molecule has 156 valence electrons. The molecule has 0 bridgehead atoms. The highest BCUT2D eigenvalue weighted by atomic mass is 16.2. The van der Waals surface area contributed by atoms with E-state index in [2.05, 4.69) is 50.5 Å². The molecule has 0 aliphatic carbocycles. The second-order valence-electron chi connectivity index (χ2n) is 8.24. The molecule has 2 amide bonds. The first-order valence-corrected chi connectivity index (χ1v) is 10.7. The van der Waals surface area contributed by atoms with E-state index in [0.29, 0.717) is 5.92 Å². The maximum Gasteiger partial charge on any atom is 0.317 e. The highest BCUT2D eigenvalue weighted by Gasteiger charge is 2.24. The third-order valence-corrected chi connectivity index (χ3v) is 6.12. The van der Waals surface area contributed by atoms with Gasteiger partial charge in [-0.05, 0) is 37.4 Å². The summed E-state index contributed by atoms with van der Waals surface area (Å²) in [4.78, 5) is 19.3. The summed E-state index contributed by atoms with van der Waals surface area (Å²) in [5.74, 6) is 0.586. The average molecular weight is 397 g/mol. The minimum absolute atomic E-state index is 0.0857. The van der Waals surface area contributed by atoms with E-state index < -0.39 is 0 Å². The quantitative estimate of drug-likeness (QED) is 0.842. The average Bonchev–Trinajstić information content (AvgIpc) is 3.20. The van der Waals surface area contributed by atoms with Gasteiger partial charge in [0.1, 0.15) is 0 Å². The van der Waals surface area contributed by atoms with Crippen LogP contribution in [0.3, 0.4) is 0 Å². The number of aromatic nitrogens is 2. The van der Waals surface area contributed by atoms with Crippen LogP contribution in [0.4, 0.5) is 10.5 Å². The predicted octanol–water partition coefficient (Wildman–Crippen LogP) is 2.16. The van der Waals surface area contributed by atoms with E-state index in [9.17, 15) is 4.79 Å². The fraction of sp³-hybridized carbons (Fsp3) is 0.545. The Morgan fingerprint density at radius 3 is 2.45 bits per heavy atom. The molecule has 0 unspecified atom stereocenters. The molecule has 2 fully saturated rings. The second-order valence-corrected chi connectivity index (χ2v) is 8.24. The highest BCUT2D eigenvalue weighted by molar-refractivity contribution is 5.74. The van der Waals surface area contributed by atoms with Crippen molar-refractivity contribution in [2.75, 3.05) is 50.7 Å². The Labute approximate surface area is 173 Å². The van der Waals surface area contributed by atoms with Crippen LogP contribution in [0.1, 0.15) is 18.4 Å². The summed E-state index contributed by atoms with van der Waals surface area (Å²) in [6.07, 6.45) is 6.23. The van der Waals surface area contributed by atoms with E-state index in [4.69, 9.17) is 0 Å². The summed E-state index contributed by atoms with van der Waals surface area (Å²) >= 11 is 0. The summed E-state index contributed by atoms with van der Waals surface area (Å²) in [6.45, 7) is 7.28. The SMILES string of the molecule is Cn1cc(N2CCN(C(=O)NCC3CCN(Cc4ccccc4)CC3)CC2)cn1. The van der Waals surface area contributed by atoms with Crippen LogP contribution in [0.25, 0.3) is 0 Å². The molecule has 2 aliphatic heterocycles. The Morgan fingerprint density at radius 1 is 1.07 bits per heavy atom. The van der Waals surface area contributed by atoms with E-state index in [1.807, 2.05) is 29.0 Å². The molecule has 2 aromatic rings. The standard InChI is InChI=1S/C22H32N6O/c1-25-18-21(16-24-25)27-11-13-28(14-12-27)22(29)23-15-19-7-9-26(10-8-19)17-20-5-3-2-4-6-20/h2-6,16,18-19H,7-15,17H2,1H3,(H,23,29). The Hall–Kier alpha value is -2.54. The number of carbonyl (C=O) groups is 1. The van der Waals surface area contributed by atoms with Crippen LogP contribution >= 0.6 is 0 Å². The van der Waals surface area contributed by atoms with Gasteiger partial charge in [0, 0.05) is 52.5 Å². The molecule has 7 nitrogen and oxygen atoms in total. The van der Waals surface area contributed by atoms with Crippen LogP contribution in [-0.2, 0) is 13.6 Å². The van der Waals surface area contributed by atoms with Gasteiger partial charge in [-0.15, -0.1) is 0 Å². The van der Waals surface area contributed by atoms with E-state index in [1.54, 1.807) is 0 Å². The van der Waals surface area contributed by atoms with Crippen molar-refractivity contribution in [3.8, 4) is 0 Å². The number of rotatable bonds is 5. The fourth-order valence-electron chi connectivity index (χ4n) is 4.27. The van der Waals surface area contributed by atoms with E-state index in [0.717, 1.165) is 70.9 Å². The second kappa shape index (κ2) is 9.31. The van der Waals surface area contributed by atoms with Crippen molar-refractivity contribution in [2.24, 2.45) is 13.0 Å². The Kier molecular flexibility index (Phi) is 6.34. The molecule has 2 saturated heterocycles. The molecule has 0 atom stereocenters. The summed E-state index contributed by atoms with van der Waals surface area (Å²) in [5, 5.41) is 7.41. The van der Waals surface area contributed by atoms with E-state index >= 15 is 0 Å². The molecule has 0 saturated carbocycles. The first-order chi connectivity index (χ1) is 14.2. The van der Waals surface area contributed by atoms with E-state index in [1.165, 1.54) is 5.56 Å². The minimum atomic E-state index is 0.0857. The summed E-state index contributed by atoms with van der Waals surface area (Å²) in [6, 6.07) is 10.8. The van der Waals surface area contributed by atoms with Crippen molar-refractivity contribution in [2.45, 2.75) is 19.4 Å². The van der Waals surface area contributed by atoms with Crippen molar-refractivity contribution >= 4 is 11.7 Å². The zero-order valence-electron chi connectivity index (χ0n) is 17.3. The number of carbonyl (C=O) groups excluding carboxylic acids is 1. The van der Waals surface area contributed by atoms with Crippen LogP contribution in [0.2, 0.25) is 0 Å². The third kappa shape index (κ3) is 5.29. The number of hydrogen-bond donors (Lipinski definition) is 1. The molecule has 1 aromatic carbocycles. The highest BCUT2D eigenvalue weighted by Crippen LogP contribution is 2.19. The smallest absolute Gasteiger partial charge is 0.317 e. The van der Waals surface area contributed by atoms with E-state index in [-0.39, 0.29) is 6.03 Å². The van der Waals surface area contributed by atoms with Crippen molar-refractivity contribution in [3.05, 3.63) is 48.3 Å². The minimum Gasteiger partial charge on any atom is -0.365 e. The number of nitrogens with one attached hydrogen (secondary N) is 1. The molecule has 4 rings (SSSR count). The normalized spacial score (nSPS) is 18.8. The monoisotopic (exact) mass is 396 g/mol. The number of likely N-dealkylation sites (tertiary alicyclic amines) is 1. The molecule has 2 aliphatic rings. The summed E-state index contributed by atoms with van der Waals surface area (Å²) in [5.41, 5.74) is 2.51. The number of anilines is 1. The number of benzene rings is 1. The van der Waals surface area contributed by atoms with Crippen LogP contribution in [0, 0.1) is 5.92 Å². The lowest BCUT2D eigenvalue weighted by Gasteiger charge is -2.36. The van der Waals surface area contributed by atoms with Gasteiger partial charge in [-0.3, -0.25) is 9.58 Å². The molecule has 3 heterocycles. The zero-order chi connectivity index (χ0) is 20.1. The van der Waals surface area contributed by atoms with Gasteiger partial charge in [-0.25, -0.2) is 4.79 Å². The van der Waals surface area contributed by atoms with Crippen molar-refractivity contribution in [1.29, 1.82) is 0 Å². The summed E-state index contributed by atoms with van der Waals surface area (Å²) < 4.78 is 1.82. The predicted molar refractivity (Wildman–Crippen MR) is 115 cm³/mol. The molecular weight excluding hydrogens is 364 g/mol. The van der Waals surface area contributed by atoms with Gasteiger partial charge in [0.15, 0.2) is 0 Å². The zero-order valence-corrected chi connectivity index (χ0v) is 17.3. The maximum absolute atomic E-state index is 12.6. The maximum atomic E-state index is 12.6. The number of piperidine rings is 1. The number of aryl methyl sites for hydroxylation is 1. The Morgan fingerprint density at radius 2 is 1.79 bits per heavy atom. The number of nitrogens with zero attached hydrogens (tertiary/aromatic N) is 5. The van der Waals surface area contributed by atoms with Gasteiger partial charge < -0.3 is 15.1 Å². The van der Waals surface area contributed by atoms with Gasteiger partial charge in [0.2, 0.25) is 0 Å². The molecule has 1 N–H and O–H groups in total.